The van der Waals surface area contributed by atoms with Crippen molar-refractivity contribution in [2.24, 2.45) is 5.16 Å². The van der Waals surface area contributed by atoms with Crippen molar-refractivity contribution in [3.8, 4) is 0 Å². The molecule has 0 aliphatic heterocycles. The Bertz CT molecular complexity index is 272. The van der Waals surface area contributed by atoms with Gasteiger partial charge in [0.15, 0.2) is 0 Å². The van der Waals surface area contributed by atoms with Crippen molar-refractivity contribution in [2.45, 2.75) is 6.92 Å². The van der Waals surface area contributed by atoms with Gasteiger partial charge in [0.2, 0.25) is 0 Å². The second-order valence-electron chi connectivity index (χ2n) is 2.48. The Morgan fingerprint density at radius 3 is 3.15 bits per heavy atom. The Hall–Kier alpha value is -1.42. The maximum atomic E-state index is 8.44. The molecule has 1 aromatic heterocycles. The third-order valence-electron chi connectivity index (χ3n) is 1.46. The highest BCUT2D eigenvalue weighted by Gasteiger charge is 1.95. The summed E-state index contributed by atoms with van der Waals surface area (Å²) in [6.07, 6.45) is 3.41. The highest BCUT2D eigenvalue weighted by molar-refractivity contribution is 5.97. The minimum absolute atomic E-state index is 0.0240. The minimum atomic E-state index is -0.0240. The van der Waals surface area contributed by atoms with Gasteiger partial charge in [0.25, 0.3) is 0 Å². The Morgan fingerprint density at radius 1 is 1.69 bits per heavy atom. The van der Waals surface area contributed by atoms with Gasteiger partial charge in [0, 0.05) is 18.0 Å². The first-order valence-corrected chi connectivity index (χ1v) is 4.02. The summed E-state index contributed by atoms with van der Waals surface area (Å²) in [5.74, 6) is 0. The van der Waals surface area contributed by atoms with E-state index in [4.69, 9.17) is 9.94 Å². The van der Waals surface area contributed by atoms with Gasteiger partial charge in [-0.25, -0.2) is 0 Å². The van der Waals surface area contributed by atoms with Crippen molar-refractivity contribution >= 4 is 5.71 Å². The number of nitrogens with zero attached hydrogens (tertiary/aromatic N) is 2. The zero-order chi connectivity index (χ0) is 9.52. The van der Waals surface area contributed by atoms with Gasteiger partial charge in [-0.1, -0.05) is 5.16 Å². The van der Waals surface area contributed by atoms with Crippen molar-refractivity contribution in [1.82, 2.24) is 4.98 Å². The van der Waals surface area contributed by atoms with E-state index >= 15 is 0 Å². The van der Waals surface area contributed by atoms with E-state index in [0.717, 1.165) is 11.3 Å². The summed E-state index contributed by atoms with van der Waals surface area (Å²) in [4.78, 5) is 8.76. The van der Waals surface area contributed by atoms with Crippen molar-refractivity contribution in [3.05, 3.63) is 30.1 Å². The van der Waals surface area contributed by atoms with E-state index in [-0.39, 0.29) is 13.2 Å². The Labute approximate surface area is 76.9 Å². The standard InChI is InChI=1S/C9H12N2O2/c1-8(11-13-6-5-12)9-3-2-4-10-7-9/h2-4,7,12H,5-6H2,1H3. The largest absolute Gasteiger partial charge is 0.393 e. The molecule has 0 atom stereocenters. The number of aliphatic hydroxyl groups excluding tert-OH is 1. The first kappa shape index (κ1) is 9.67. The number of hydrogen-bond donors (Lipinski definition) is 1. The SMILES string of the molecule is CC(=NOCCO)c1cccnc1. The van der Waals surface area contributed by atoms with Crippen LogP contribution in [0.5, 0.6) is 0 Å². The van der Waals surface area contributed by atoms with Crippen LogP contribution in [-0.4, -0.2) is 29.0 Å². The Morgan fingerprint density at radius 2 is 2.54 bits per heavy atom. The molecule has 0 bridgehead atoms. The first-order valence-electron chi connectivity index (χ1n) is 4.02. The van der Waals surface area contributed by atoms with E-state index in [2.05, 4.69) is 10.1 Å². The summed E-state index contributed by atoms with van der Waals surface area (Å²) in [6, 6.07) is 3.73. The summed E-state index contributed by atoms with van der Waals surface area (Å²) >= 11 is 0. The number of aliphatic hydroxyl groups is 1. The summed E-state index contributed by atoms with van der Waals surface area (Å²) in [7, 11) is 0. The number of oxime groups is 1. The molecular weight excluding hydrogens is 168 g/mol. The number of rotatable bonds is 4. The monoisotopic (exact) mass is 180 g/mol. The van der Waals surface area contributed by atoms with Gasteiger partial charge >= 0.3 is 0 Å². The van der Waals surface area contributed by atoms with Crippen LogP contribution in [0.2, 0.25) is 0 Å². The Kier molecular flexibility index (Phi) is 3.92. The van der Waals surface area contributed by atoms with Crippen molar-refractivity contribution < 1.29 is 9.94 Å². The topological polar surface area (TPSA) is 54.7 Å². The number of hydrogen-bond acceptors (Lipinski definition) is 4. The molecule has 1 heterocycles. The van der Waals surface area contributed by atoms with Crippen molar-refractivity contribution in [1.29, 1.82) is 0 Å². The number of pyridine rings is 1. The van der Waals surface area contributed by atoms with Crippen LogP contribution in [0.25, 0.3) is 0 Å². The van der Waals surface area contributed by atoms with E-state index in [1.807, 2.05) is 19.1 Å². The molecule has 0 amide bonds. The van der Waals surface area contributed by atoms with Gasteiger partial charge in [-0.05, 0) is 19.1 Å². The molecule has 1 aromatic rings. The van der Waals surface area contributed by atoms with Crippen LogP contribution < -0.4 is 0 Å². The molecule has 4 heteroatoms. The van der Waals surface area contributed by atoms with E-state index < -0.39 is 0 Å². The molecule has 0 saturated heterocycles. The fourth-order valence-corrected chi connectivity index (χ4v) is 0.813. The zero-order valence-corrected chi connectivity index (χ0v) is 7.47. The predicted octanol–water partition coefficient (Wildman–Crippen LogP) is 0.815. The lowest BCUT2D eigenvalue weighted by atomic mass is 10.2. The van der Waals surface area contributed by atoms with E-state index in [1.54, 1.807) is 12.4 Å². The van der Waals surface area contributed by atoms with E-state index in [0.29, 0.717) is 0 Å². The fraction of sp³-hybridized carbons (Fsp3) is 0.333. The highest BCUT2D eigenvalue weighted by atomic mass is 16.6. The van der Waals surface area contributed by atoms with E-state index in [9.17, 15) is 0 Å². The predicted molar refractivity (Wildman–Crippen MR) is 49.5 cm³/mol. The number of aromatic nitrogens is 1. The quantitative estimate of drug-likeness (QED) is 0.424. The summed E-state index contributed by atoms with van der Waals surface area (Å²) < 4.78 is 0. The molecule has 70 valence electrons. The zero-order valence-electron chi connectivity index (χ0n) is 7.47. The summed E-state index contributed by atoms with van der Waals surface area (Å²) in [5, 5.41) is 12.2. The van der Waals surface area contributed by atoms with E-state index in [1.165, 1.54) is 0 Å². The van der Waals surface area contributed by atoms with Gasteiger partial charge in [-0.15, -0.1) is 0 Å². The molecular formula is C9H12N2O2. The van der Waals surface area contributed by atoms with Gasteiger partial charge in [-0.2, -0.15) is 0 Å². The van der Waals surface area contributed by atoms with Crippen LogP contribution in [0, 0.1) is 0 Å². The van der Waals surface area contributed by atoms with Crippen LogP contribution in [0.15, 0.2) is 29.7 Å². The normalized spacial score (nSPS) is 11.4. The lowest BCUT2D eigenvalue weighted by Gasteiger charge is -1.99. The molecule has 0 unspecified atom stereocenters. The molecule has 0 radical (unpaired) electrons. The molecule has 13 heavy (non-hydrogen) atoms. The van der Waals surface area contributed by atoms with Crippen LogP contribution >= 0.6 is 0 Å². The molecule has 0 spiro atoms. The molecule has 0 aliphatic carbocycles. The van der Waals surface area contributed by atoms with Crippen LogP contribution in [0.4, 0.5) is 0 Å². The molecule has 0 fully saturated rings. The van der Waals surface area contributed by atoms with Gasteiger partial charge in [-0.3, -0.25) is 4.98 Å². The van der Waals surface area contributed by atoms with Gasteiger partial charge in [0.05, 0.1) is 12.3 Å². The molecule has 0 aromatic carbocycles. The molecule has 0 aliphatic rings. The maximum absolute atomic E-state index is 8.44. The second kappa shape index (κ2) is 5.27. The van der Waals surface area contributed by atoms with Gasteiger partial charge < -0.3 is 9.94 Å². The summed E-state index contributed by atoms with van der Waals surface area (Å²) in [5.41, 5.74) is 1.67. The second-order valence-corrected chi connectivity index (χ2v) is 2.48. The van der Waals surface area contributed by atoms with Crippen molar-refractivity contribution in [2.75, 3.05) is 13.2 Å². The summed E-state index contributed by atoms with van der Waals surface area (Å²) in [6.45, 7) is 2.02. The third kappa shape index (κ3) is 3.21. The molecule has 0 saturated carbocycles. The third-order valence-corrected chi connectivity index (χ3v) is 1.46. The van der Waals surface area contributed by atoms with Crippen LogP contribution in [0.3, 0.4) is 0 Å². The van der Waals surface area contributed by atoms with Crippen molar-refractivity contribution in [3.63, 3.8) is 0 Å². The fourth-order valence-electron chi connectivity index (χ4n) is 0.813. The van der Waals surface area contributed by atoms with Gasteiger partial charge in [0.1, 0.15) is 6.61 Å². The lowest BCUT2D eigenvalue weighted by Crippen LogP contribution is -1.99. The molecule has 1 N–H and O–H groups in total. The van der Waals surface area contributed by atoms with Crippen LogP contribution in [0.1, 0.15) is 12.5 Å². The minimum Gasteiger partial charge on any atom is -0.393 e. The van der Waals surface area contributed by atoms with Crippen LogP contribution in [-0.2, 0) is 4.84 Å². The average Bonchev–Trinajstić information content (AvgIpc) is 2.19. The average molecular weight is 180 g/mol. The lowest BCUT2D eigenvalue weighted by molar-refractivity contribution is 0.0986. The maximum Gasteiger partial charge on any atom is 0.140 e. The molecule has 1 rings (SSSR count). The first-order chi connectivity index (χ1) is 6.34. The molecule has 4 nitrogen and oxygen atoms in total. The Balaban J connectivity index is 2.57. The smallest absolute Gasteiger partial charge is 0.140 e. The highest BCUT2D eigenvalue weighted by Crippen LogP contribution is 1.98.